The summed E-state index contributed by atoms with van der Waals surface area (Å²) in [6.45, 7) is 9.85. The predicted molar refractivity (Wildman–Crippen MR) is 287 cm³/mol. The van der Waals surface area contributed by atoms with Crippen molar-refractivity contribution in [1.82, 2.24) is 91.0 Å². The summed E-state index contributed by atoms with van der Waals surface area (Å²) < 4.78 is 76.1. The third-order valence-electron chi connectivity index (χ3n) is 12.8. The number of carbonyl (C=O) groups is 2. The van der Waals surface area contributed by atoms with Gasteiger partial charge in [-0.1, -0.05) is 92.6 Å². The molecule has 0 radical (unpaired) electrons. The molecule has 28 nitrogen and oxygen atoms in total. The number of hydrogen-bond donors (Lipinski definition) is 4. The second-order valence-corrected chi connectivity index (χ2v) is 23.3. The van der Waals surface area contributed by atoms with Gasteiger partial charge in [-0.15, -0.1) is 20.4 Å². The fourth-order valence-electron chi connectivity index (χ4n) is 7.99. The Labute approximate surface area is 467 Å². The quantitative estimate of drug-likeness (QED) is 0.0897. The minimum absolute atomic E-state index is 0.0306. The zero-order valence-electron chi connectivity index (χ0n) is 44.1. The van der Waals surface area contributed by atoms with Gasteiger partial charge in [0.25, 0.3) is 11.8 Å². The van der Waals surface area contributed by atoms with E-state index in [9.17, 15) is 26.4 Å². The average molecular weight is 1160 g/mol. The Bertz CT molecular complexity index is 3800. The Morgan fingerprint density at radius 2 is 0.817 bits per heavy atom. The number of amides is 2. The molecule has 4 aromatic carbocycles. The standard InChI is InChI=1S/2C14H14N6O2.2C12H13N3O3S/c2*21-14(13-11-3-1-2-4-12(11)17-18-13)15-5-9-6-20(19-16-9)7-10-8-22-10;2*1-9-2-4-11(5-3-9)19(16,17)12-7-15(14-13-12)6-10-8-18-10/h2*1-4,6,10H,5,7-8H2,(H,15,21)(H,17,18);2*2-5,7,10H,6,8H2,1H3/t4*10-/m1010/s1. The van der Waals surface area contributed by atoms with Gasteiger partial charge in [-0.25, -0.2) is 35.6 Å². The molecular formula is C52H54N18O10S2. The topological polar surface area (TPSA) is 357 Å². The number of aryl methyl sites for hydroxylation is 2. The molecule has 4 aliphatic heterocycles. The zero-order chi connectivity index (χ0) is 56.8. The van der Waals surface area contributed by atoms with E-state index in [1.54, 1.807) is 57.9 Å². The molecular weight excluding hydrogens is 1100 g/mol. The van der Waals surface area contributed by atoms with Gasteiger partial charge in [0.2, 0.25) is 29.7 Å². The van der Waals surface area contributed by atoms with Crippen molar-refractivity contribution < 1.29 is 45.4 Å². The van der Waals surface area contributed by atoms with Crippen molar-refractivity contribution in [3.8, 4) is 0 Å². The largest absolute Gasteiger partial charge is 0.371 e. The van der Waals surface area contributed by atoms with Crippen LogP contribution in [0.15, 0.2) is 142 Å². The third kappa shape index (κ3) is 14.1. The van der Waals surface area contributed by atoms with Crippen molar-refractivity contribution in [2.24, 2.45) is 0 Å². The van der Waals surface area contributed by atoms with Crippen LogP contribution in [-0.2, 0) is 77.9 Å². The van der Waals surface area contributed by atoms with Gasteiger partial charge in [-0.3, -0.25) is 19.8 Å². The summed E-state index contributed by atoms with van der Waals surface area (Å²) in [4.78, 5) is 24.9. The number of hydrogen-bond acceptors (Lipinski definition) is 20. The first kappa shape index (κ1) is 55.0. The van der Waals surface area contributed by atoms with Crippen LogP contribution < -0.4 is 10.6 Å². The summed E-state index contributed by atoms with van der Waals surface area (Å²) in [5.74, 6) is -0.477. The second-order valence-electron chi connectivity index (χ2n) is 19.5. The van der Waals surface area contributed by atoms with Gasteiger partial charge in [0, 0.05) is 10.8 Å². The summed E-state index contributed by atoms with van der Waals surface area (Å²) in [6.07, 6.45) is 7.27. The molecule has 14 rings (SSSR count). The minimum Gasteiger partial charge on any atom is -0.371 e. The number of nitrogens with one attached hydrogen (secondary N) is 4. The lowest BCUT2D eigenvalue weighted by Crippen LogP contribution is -2.23. The van der Waals surface area contributed by atoms with Crippen LogP contribution >= 0.6 is 0 Å². The van der Waals surface area contributed by atoms with Gasteiger partial charge in [-0.2, -0.15) is 10.2 Å². The SMILES string of the molecule is Cc1ccc(S(=O)(=O)c2cn(C[C@@H]3CO3)nn2)cc1.Cc1ccc(S(=O)(=O)c2cn(C[C@H]3CO3)nn2)cc1.O=C(NCc1cn(C[C@@H]2CO2)nn1)c1n[nH]c2ccccc12.O=C(NCc1cn(C[C@H]2CO2)nn1)c1n[nH]c2ccccc12. The molecule has 0 saturated carbocycles. The maximum absolute atomic E-state index is 12.3. The first-order chi connectivity index (χ1) is 39.7. The monoisotopic (exact) mass is 1150 g/mol. The molecule has 4 aliphatic rings. The van der Waals surface area contributed by atoms with Gasteiger partial charge < -0.3 is 29.6 Å². The van der Waals surface area contributed by atoms with E-state index in [2.05, 4.69) is 72.3 Å². The molecule has 30 heteroatoms. The summed E-state index contributed by atoms with van der Waals surface area (Å²) in [5.41, 5.74) is 5.86. The number of ether oxygens (including phenoxy) is 4. The molecule has 6 aromatic heterocycles. The van der Waals surface area contributed by atoms with Crippen LogP contribution in [0.4, 0.5) is 0 Å². The predicted octanol–water partition coefficient (Wildman–Crippen LogP) is 2.60. The molecule has 10 aromatic rings. The van der Waals surface area contributed by atoms with Gasteiger partial charge in [0.15, 0.2) is 11.4 Å². The Morgan fingerprint density at radius 3 is 1.17 bits per heavy atom. The van der Waals surface area contributed by atoms with Crippen molar-refractivity contribution in [2.45, 2.75) is 97.4 Å². The van der Waals surface area contributed by atoms with E-state index in [0.717, 1.165) is 46.1 Å². The number of sulfone groups is 2. The van der Waals surface area contributed by atoms with Crippen LogP contribution in [0.3, 0.4) is 0 Å². The van der Waals surface area contributed by atoms with Crippen molar-refractivity contribution in [1.29, 1.82) is 0 Å². The maximum atomic E-state index is 12.3. The smallest absolute Gasteiger partial charge is 0.272 e. The van der Waals surface area contributed by atoms with Gasteiger partial charge >= 0.3 is 0 Å². The molecule has 4 N–H and O–H groups in total. The first-order valence-corrected chi connectivity index (χ1v) is 28.8. The van der Waals surface area contributed by atoms with Crippen LogP contribution in [-0.4, -0.2) is 160 Å². The van der Waals surface area contributed by atoms with Gasteiger partial charge in [-0.05, 0) is 50.2 Å². The Hall–Kier alpha value is -8.94. The Morgan fingerprint density at radius 1 is 0.488 bits per heavy atom. The van der Waals surface area contributed by atoms with E-state index < -0.39 is 19.7 Å². The third-order valence-corrected chi connectivity index (χ3v) is 16.1. The number of H-pyrrole nitrogens is 2. The molecule has 424 valence electrons. The number of nitrogens with zero attached hydrogens (tertiary/aromatic N) is 14. The highest BCUT2D eigenvalue weighted by atomic mass is 32.2. The molecule has 4 atom stereocenters. The van der Waals surface area contributed by atoms with Crippen molar-refractivity contribution >= 4 is 53.3 Å². The van der Waals surface area contributed by atoms with E-state index in [1.165, 1.54) is 21.8 Å². The van der Waals surface area contributed by atoms with Gasteiger partial charge in [0.1, 0.15) is 35.8 Å². The maximum Gasteiger partial charge on any atom is 0.272 e. The van der Waals surface area contributed by atoms with E-state index in [1.807, 2.05) is 74.8 Å². The van der Waals surface area contributed by atoms with E-state index in [-0.39, 0.29) is 56.1 Å². The number of rotatable bonds is 18. The molecule has 0 spiro atoms. The Balaban J connectivity index is 0.000000115. The lowest BCUT2D eigenvalue weighted by molar-refractivity contribution is 0.0939. The number of fused-ring (bicyclic) bond motifs is 2. The highest BCUT2D eigenvalue weighted by molar-refractivity contribution is 7.91. The minimum atomic E-state index is -3.59. The highest BCUT2D eigenvalue weighted by Crippen LogP contribution is 2.23. The lowest BCUT2D eigenvalue weighted by atomic mass is 10.2. The molecule has 4 fully saturated rings. The second kappa shape index (κ2) is 24.0. The van der Waals surface area contributed by atoms with Gasteiger partial charge in [0.05, 0.1) is 111 Å². The van der Waals surface area contributed by atoms with Crippen molar-refractivity contribution in [3.63, 3.8) is 0 Å². The summed E-state index contributed by atoms with van der Waals surface area (Å²) in [6, 6.07) is 28.4. The number of para-hydroxylation sites is 2. The number of benzene rings is 4. The highest BCUT2D eigenvalue weighted by Gasteiger charge is 2.29. The van der Waals surface area contributed by atoms with Crippen LogP contribution in [0.25, 0.3) is 21.8 Å². The molecule has 10 heterocycles. The molecule has 4 saturated heterocycles. The number of aromatic amines is 2. The first-order valence-electron chi connectivity index (χ1n) is 25.8. The van der Waals surface area contributed by atoms with Crippen LogP contribution in [0.5, 0.6) is 0 Å². The number of aromatic nitrogens is 16. The van der Waals surface area contributed by atoms with Crippen molar-refractivity contribution in [2.75, 3.05) is 26.4 Å². The average Bonchev–Trinajstić information content (AvgIpc) is 4.62. The van der Waals surface area contributed by atoms with E-state index in [4.69, 9.17) is 18.9 Å². The molecule has 0 aliphatic carbocycles. The van der Waals surface area contributed by atoms with E-state index >= 15 is 0 Å². The molecule has 0 bridgehead atoms. The molecule has 0 unspecified atom stereocenters. The van der Waals surface area contributed by atoms with E-state index in [0.29, 0.717) is 75.3 Å². The summed E-state index contributed by atoms with van der Waals surface area (Å²) >= 11 is 0. The molecule has 2 amide bonds. The lowest BCUT2D eigenvalue weighted by Gasteiger charge is -2.00. The Kier molecular flexibility index (Phi) is 16.1. The number of carbonyl (C=O) groups excluding carboxylic acids is 2. The molecule has 82 heavy (non-hydrogen) atoms. The summed E-state index contributed by atoms with van der Waals surface area (Å²) in [5, 5.41) is 52.1. The zero-order valence-corrected chi connectivity index (χ0v) is 45.7. The normalized spacial score (nSPS) is 17.6. The van der Waals surface area contributed by atoms with Crippen LogP contribution in [0.2, 0.25) is 0 Å². The number of epoxide rings is 4. The van der Waals surface area contributed by atoms with Crippen LogP contribution in [0.1, 0.15) is 43.5 Å². The summed E-state index contributed by atoms with van der Waals surface area (Å²) in [7, 11) is -7.17. The fourth-order valence-corrected chi connectivity index (χ4v) is 10.3. The van der Waals surface area contributed by atoms with Crippen LogP contribution in [0, 0.1) is 13.8 Å². The van der Waals surface area contributed by atoms with Crippen molar-refractivity contribution in [3.05, 3.63) is 156 Å². The fraction of sp³-hybridized carbons (Fsp3) is 0.308.